The quantitative estimate of drug-likeness (QED) is 0.830. The fourth-order valence-corrected chi connectivity index (χ4v) is 3.40. The van der Waals surface area contributed by atoms with Crippen molar-refractivity contribution >= 4 is 27.3 Å². The number of nitrogen functional groups attached to an aromatic ring is 1. The molecule has 2 rings (SSSR count). The first kappa shape index (κ1) is 15.8. The van der Waals surface area contributed by atoms with Crippen molar-refractivity contribution in [1.29, 1.82) is 0 Å². The first-order valence-electron chi connectivity index (χ1n) is 6.50. The number of hydrogen-bond acceptors (Lipinski definition) is 3. The summed E-state index contributed by atoms with van der Waals surface area (Å²) < 4.78 is 27.1. The van der Waals surface area contributed by atoms with Crippen molar-refractivity contribution in [2.75, 3.05) is 12.3 Å². The summed E-state index contributed by atoms with van der Waals surface area (Å²) in [5, 5.41) is 0.407. The summed E-state index contributed by atoms with van der Waals surface area (Å²) in [5.41, 5.74) is 6.94. The molecule has 6 heteroatoms. The van der Waals surface area contributed by atoms with Crippen LogP contribution in [0.2, 0.25) is 5.02 Å². The van der Waals surface area contributed by atoms with Crippen molar-refractivity contribution in [3.63, 3.8) is 0 Å². The molecule has 0 radical (unpaired) electrons. The standard InChI is InChI=1S/C15H17ClN2O2S/c1-11(12-5-3-2-4-6-12)10-18-21(19,20)15-8-7-13(16)9-14(15)17/h2-9,11,18H,10,17H2,1H3. The van der Waals surface area contributed by atoms with Gasteiger partial charge in [-0.2, -0.15) is 0 Å². The number of rotatable bonds is 5. The van der Waals surface area contributed by atoms with Crippen LogP contribution in [-0.4, -0.2) is 15.0 Å². The lowest BCUT2D eigenvalue weighted by atomic mass is 10.0. The lowest BCUT2D eigenvalue weighted by molar-refractivity contribution is 0.575. The van der Waals surface area contributed by atoms with Gasteiger partial charge < -0.3 is 5.73 Å². The maximum Gasteiger partial charge on any atom is 0.242 e. The predicted octanol–water partition coefficient (Wildman–Crippen LogP) is 3.00. The molecule has 0 saturated heterocycles. The van der Waals surface area contributed by atoms with Crippen molar-refractivity contribution in [3.05, 3.63) is 59.1 Å². The molecular weight excluding hydrogens is 308 g/mol. The van der Waals surface area contributed by atoms with Gasteiger partial charge in [-0.15, -0.1) is 0 Å². The van der Waals surface area contributed by atoms with Gasteiger partial charge in [0.1, 0.15) is 4.90 Å². The van der Waals surface area contributed by atoms with Crippen LogP contribution in [0.15, 0.2) is 53.4 Å². The highest BCUT2D eigenvalue weighted by Crippen LogP contribution is 2.23. The fourth-order valence-electron chi connectivity index (χ4n) is 1.98. The Morgan fingerprint density at radius 2 is 1.86 bits per heavy atom. The molecule has 0 amide bonds. The van der Waals surface area contributed by atoms with Crippen molar-refractivity contribution in [3.8, 4) is 0 Å². The van der Waals surface area contributed by atoms with Gasteiger partial charge in [0.15, 0.2) is 0 Å². The third-order valence-electron chi connectivity index (χ3n) is 3.21. The molecule has 1 unspecified atom stereocenters. The Morgan fingerprint density at radius 3 is 2.48 bits per heavy atom. The highest BCUT2D eigenvalue weighted by atomic mass is 35.5. The number of halogens is 1. The van der Waals surface area contributed by atoms with E-state index in [4.69, 9.17) is 17.3 Å². The van der Waals surface area contributed by atoms with E-state index in [1.165, 1.54) is 18.2 Å². The molecule has 4 nitrogen and oxygen atoms in total. The molecule has 0 heterocycles. The maximum absolute atomic E-state index is 12.3. The molecule has 21 heavy (non-hydrogen) atoms. The van der Waals surface area contributed by atoms with E-state index >= 15 is 0 Å². The van der Waals surface area contributed by atoms with E-state index in [0.717, 1.165) is 5.56 Å². The molecule has 2 aromatic carbocycles. The largest absolute Gasteiger partial charge is 0.398 e. The summed E-state index contributed by atoms with van der Waals surface area (Å²) in [4.78, 5) is 0.0483. The van der Waals surface area contributed by atoms with Crippen LogP contribution < -0.4 is 10.5 Å². The van der Waals surface area contributed by atoms with Gasteiger partial charge in [0.25, 0.3) is 0 Å². The van der Waals surface area contributed by atoms with Crippen LogP contribution >= 0.6 is 11.6 Å². The van der Waals surface area contributed by atoms with Gasteiger partial charge in [-0.05, 0) is 29.7 Å². The van der Waals surface area contributed by atoms with Crippen LogP contribution in [0.3, 0.4) is 0 Å². The molecule has 0 saturated carbocycles. The first-order valence-corrected chi connectivity index (χ1v) is 8.36. The topological polar surface area (TPSA) is 72.2 Å². The van der Waals surface area contributed by atoms with Crippen molar-refractivity contribution in [2.24, 2.45) is 0 Å². The lowest BCUT2D eigenvalue weighted by Crippen LogP contribution is -2.28. The molecule has 0 spiro atoms. The van der Waals surface area contributed by atoms with Crippen LogP contribution in [0.4, 0.5) is 5.69 Å². The molecule has 0 aliphatic rings. The summed E-state index contributed by atoms with van der Waals surface area (Å²) in [5.74, 6) is 0.0644. The van der Waals surface area contributed by atoms with E-state index in [9.17, 15) is 8.42 Å². The van der Waals surface area contributed by atoms with E-state index < -0.39 is 10.0 Å². The maximum atomic E-state index is 12.3. The Hall–Kier alpha value is -1.56. The Morgan fingerprint density at radius 1 is 1.19 bits per heavy atom. The normalized spacial score (nSPS) is 13.0. The minimum atomic E-state index is -3.64. The summed E-state index contributed by atoms with van der Waals surface area (Å²) >= 11 is 5.78. The summed E-state index contributed by atoms with van der Waals surface area (Å²) in [6.45, 7) is 2.26. The van der Waals surface area contributed by atoms with Crippen molar-refractivity contribution in [2.45, 2.75) is 17.7 Å². The number of benzene rings is 2. The SMILES string of the molecule is CC(CNS(=O)(=O)c1ccc(Cl)cc1N)c1ccccc1. The Labute approximate surface area is 130 Å². The van der Waals surface area contributed by atoms with Gasteiger partial charge in [-0.3, -0.25) is 0 Å². The molecular formula is C15H17ClN2O2S. The summed E-state index contributed by atoms with van der Waals surface area (Å²) in [6.07, 6.45) is 0. The van der Waals surface area contributed by atoms with Crippen LogP contribution in [0.25, 0.3) is 0 Å². The molecule has 112 valence electrons. The molecule has 3 N–H and O–H groups in total. The number of sulfonamides is 1. The van der Waals surface area contributed by atoms with Crippen LogP contribution in [0, 0.1) is 0 Å². The highest BCUT2D eigenvalue weighted by molar-refractivity contribution is 7.89. The Balaban J connectivity index is 2.11. The molecule has 0 aliphatic carbocycles. The second-order valence-electron chi connectivity index (χ2n) is 4.85. The minimum absolute atomic E-state index is 0.0483. The van der Waals surface area contributed by atoms with Crippen molar-refractivity contribution < 1.29 is 8.42 Å². The average molecular weight is 325 g/mol. The van der Waals surface area contributed by atoms with Gasteiger partial charge in [0, 0.05) is 11.6 Å². The minimum Gasteiger partial charge on any atom is -0.398 e. The van der Waals surface area contributed by atoms with E-state index in [1.54, 1.807) is 0 Å². The number of anilines is 1. The van der Waals surface area contributed by atoms with E-state index in [-0.39, 0.29) is 16.5 Å². The van der Waals surface area contributed by atoms with Crippen molar-refractivity contribution in [1.82, 2.24) is 4.72 Å². The first-order chi connectivity index (χ1) is 9.90. The number of nitrogens with two attached hydrogens (primary N) is 1. The zero-order chi connectivity index (χ0) is 15.5. The zero-order valence-electron chi connectivity index (χ0n) is 11.6. The highest BCUT2D eigenvalue weighted by Gasteiger charge is 2.18. The van der Waals surface area contributed by atoms with Crippen LogP contribution in [0.1, 0.15) is 18.4 Å². The van der Waals surface area contributed by atoms with Crippen LogP contribution in [0.5, 0.6) is 0 Å². The molecule has 0 aliphatic heterocycles. The Kier molecular flexibility index (Phi) is 4.88. The van der Waals surface area contributed by atoms with E-state index in [0.29, 0.717) is 11.6 Å². The lowest BCUT2D eigenvalue weighted by Gasteiger charge is -2.14. The zero-order valence-corrected chi connectivity index (χ0v) is 13.2. The van der Waals surface area contributed by atoms with Gasteiger partial charge in [0.05, 0.1) is 5.69 Å². The molecule has 1 atom stereocenters. The predicted molar refractivity (Wildman–Crippen MR) is 85.9 cm³/mol. The molecule has 0 bridgehead atoms. The Bertz CT molecular complexity index is 718. The third-order valence-corrected chi connectivity index (χ3v) is 4.94. The number of hydrogen-bond donors (Lipinski definition) is 2. The molecule has 2 aromatic rings. The smallest absolute Gasteiger partial charge is 0.242 e. The van der Waals surface area contributed by atoms with Gasteiger partial charge in [-0.1, -0.05) is 48.9 Å². The monoisotopic (exact) mass is 324 g/mol. The van der Waals surface area contributed by atoms with Gasteiger partial charge in [0.2, 0.25) is 10.0 Å². The molecule has 0 fully saturated rings. The van der Waals surface area contributed by atoms with Gasteiger partial charge >= 0.3 is 0 Å². The van der Waals surface area contributed by atoms with E-state index in [2.05, 4.69) is 4.72 Å². The second kappa shape index (κ2) is 6.47. The van der Waals surface area contributed by atoms with E-state index in [1.807, 2.05) is 37.3 Å². The summed E-state index contributed by atoms with van der Waals surface area (Å²) in [7, 11) is -3.64. The average Bonchev–Trinajstić information content (AvgIpc) is 2.45. The summed E-state index contributed by atoms with van der Waals surface area (Å²) in [6, 6.07) is 14.1. The third kappa shape index (κ3) is 3.97. The molecule has 0 aromatic heterocycles. The second-order valence-corrected chi connectivity index (χ2v) is 7.02. The number of nitrogens with one attached hydrogen (secondary N) is 1. The van der Waals surface area contributed by atoms with Gasteiger partial charge in [-0.25, -0.2) is 13.1 Å². The van der Waals surface area contributed by atoms with Crippen LogP contribution in [-0.2, 0) is 10.0 Å². The fraction of sp³-hybridized carbons (Fsp3) is 0.200.